The molecule has 0 aliphatic heterocycles. The lowest BCUT2D eigenvalue weighted by molar-refractivity contribution is -0.113. The van der Waals surface area contributed by atoms with Crippen LogP contribution in [0.5, 0.6) is 0 Å². The molecule has 0 amide bonds. The fraction of sp³-hybridized carbons (Fsp3) is 0.571. The van der Waals surface area contributed by atoms with E-state index in [0.717, 1.165) is 0 Å². The second-order valence-electron chi connectivity index (χ2n) is 1.97. The lowest BCUT2D eigenvalue weighted by atomic mass is 10.3. The van der Waals surface area contributed by atoms with Crippen LogP contribution in [0, 0.1) is 18.3 Å². The highest BCUT2D eigenvalue weighted by atomic mass is 32.2. The first-order valence-corrected chi connectivity index (χ1v) is 3.77. The molecule has 0 radical (unpaired) electrons. The number of carbonyl (C=O) groups is 1. The van der Waals surface area contributed by atoms with Gasteiger partial charge in [0.25, 0.3) is 0 Å². The number of hydrogen-bond acceptors (Lipinski definition) is 2. The second-order valence-corrected chi connectivity index (χ2v) is 2.95. The Kier molecular flexibility index (Phi) is 4.25. The van der Waals surface area contributed by atoms with Crippen LogP contribution < -0.4 is 0 Å². The van der Waals surface area contributed by atoms with Crippen molar-refractivity contribution >= 4 is 16.9 Å². The van der Waals surface area contributed by atoms with Crippen molar-refractivity contribution < 1.29 is 4.79 Å². The SMILES string of the molecule is C#CCSC(=O)C(C)C. The minimum atomic E-state index is 0.100. The van der Waals surface area contributed by atoms with Crippen LogP contribution in [0.25, 0.3) is 0 Å². The van der Waals surface area contributed by atoms with E-state index in [2.05, 4.69) is 5.92 Å². The molecule has 0 aromatic heterocycles. The minimum Gasteiger partial charge on any atom is -0.287 e. The summed E-state index contributed by atoms with van der Waals surface area (Å²) in [6.07, 6.45) is 4.95. The second kappa shape index (κ2) is 4.46. The highest BCUT2D eigenvalue weighted by Gasteiger charge is 2.04. The van der Waals surface area contributed by atoms with Gasteiger partial charge >= 0.3 is 0 Å². The van der Waals surface area contributed by atoms with E-state index >= 15 is 0 Å². The van der Waals surface area contributed by atoms with Gasteiger partial charge in [0, 0.05) is 5.92 Å². The highest BCUT2D eigenvalue weighted by molar-refractivity contribution is 8.13. The molecule has 0 spiro atoms. The summed E-state index contributed by atoms with van der Waals surface area (Å²) in [6, 6.07) is 0. The van der Waals surface area contributed by atoms with E-state index in [1.165, 1.54) is 11.8 Å². The average molecular weight is 142 g/mol. The summed E-state index contributed by atoms with van der Waals surface area (Å²) in [5, 5.41) is 0.174. The molecule has 0 rings (SSSR count). The van der Waals surface area contributed by atoms with Crippen molar-refractivity contribution in [1.82, 2.24) is 0 Å². The Morgan fingerprint density at radius 3 is 2.67 bits per heavy atom. The summed E-state index contributed by atoms with van der Waals surface area (Å²) >= 11 is 1.21. The molecule has 2 heteroatoms. The van der Waals surface area contributed by atoms with Gasteiger partial charge in [-0.25, -0.2) is 0 Å². The van der Waals surface area contributed by atoms with Crippen molar-refractivity contribution in [3.63, 3.8) is 0 Å². The van der Waals surface area contributed by atoms with Crippen molar-refractivity contribution in [2.24, 2.45) is 5.92 Å². The molecule has 9 heavy (non-hydrogen) atoms. The quantitative estimate of drug-likeness (QED) is 0.544. The average Bonchev–Trinajstić information content (AvgIpc) is 1.82. The van der Waals surface area contributed by atoms with E-state index in [1.807, 2.05) is 13.8 Å². The molecule has 0 heterocycles. The Balaban J connectivity index is 3.42. The number of rotatable bonds is 2. The lowest BCUT2D eigenvalue weighted by Gasteiger charge is -1.97. The number of terminal acetylenes is 1. The molecule has 50 valence electrons. The Morgan fingerprint density at radius 1 is 1.78 bits per heavy atom. The molecule has 1 nitrogen and oxygen atoms in total. The van der Waals surface area contributed by atoms with Gasteiger partial charge in [-0.1, -0.05) is 31.5 Å². The molecular weight excluding hydrogens is 132 g/mol. The van der Waals surface area contributed by atoms with Crippen LogP contribution in [-0.2, 0) is 4.79 Å². The van der Waals surface area contributed by atoms with Gasteiger partial charge in [0.2, 0.25) is 0 Å². The highest BCUT2D eigenvalue weighted by Crippen LogP contribution is 2.08. The number of carbonyl (C=O) groups excluding carboxylic acids is 1. The van der Waals surface area contributed by atoms with Gasteiger partial charge in [-0.3, -0.25) is 4.79 Å². The summed E-state index contributed by atoms with van der Waals surface area (Å²) in [6.45, 7) is 3.73. The van der Waals surface area contributed by atoms with Gasteiger partial charge < -0.3 is 0 Å². The normalized spacial score (nSPS) is 9.11. The lowest BCUT2D eigenvalue weighted by Crippen LogP contribution is -2.01. The maximum Gasteiger partial charge on any atom is 0.192 e. The van der Waals surface area contributed by atoms with E-state index in [9.17, 15) is 4.79 Å². The molecule has 0 aliphatic carbocycles. The third kappa shape index (κ3) is 4.11. The predicted octanol–water partition coefficient (Wildman–Crippen LogP) is 1.54. The first-order valence-electron chi connectivity index (χ1n) is 2.78. The summed E-state index contributed by atoms with van der Waals surface area (Å²) in [5.41, 5.74) is 0. The summed E-state index contributed by atoms with van der Waals surface area (Å²) < 4.78 is 0. The van der Waals surface area contributed by atoms with Gasteiger partial charge in [-0.2, -0.15) is 0 Å². The first kappa shape index (κ1) is 8.58. The zero-order valence-electron chi connectivity index (χ0n) is 5.68. The zero-order valence-corrected chi connectivity index (χ0v) is 6.49. The largest absolute Gasteiger partial charge is 0.287 e. The molecule has 0 saturated heterocycles. The molecule has 0 saturated carbocycles. The Morgan fingerprint density at radius 2 is 2.33 bits per heavy atom. The van der Waals surface area contributed by atoms with Crippen molar-refractivity contribution in [2.45, 2.75) is 13.8 Å². The molecule has 0 unspecified atom stereocenters. The smallest absolute Gasteiger partial charge is 0.192 e. The Hall–Kier alpha value is -0.420. The van der Waals surface area contributed by atoms with Crippen LogP contribution in [0.4, 0.5) is 0 Å². The summed E-state index contributed by atoms with van der Waals surface area (Å²) in [4.78, 5) is 10.8. The monoisotopic (exact) mass is 142 g/mol. The number of thioether (sulfide) groups is 1. The molecule has 0 bridgehead atoms. The standard InChI is InChI=1S/C7H10OS/c1-4-5-9-7(8)6(2)3/h1,6H,5H2,2-3H3. The van der Waals surface area contributed by atoms with Crippen molar-refractivity contribution in [3.05, 3.63) is 0 Å². The molecule has 0 fully saturated rings. The van der Waals surface area contributed by atoms with Crippen LogP contribution in [0.15, 0.2) is 0 Å². The fourth-order valence-corrected chi connectivity index (χ4v) is 0.838. The van der Waals surface area contributed by atoms with Crippen molar-refractivity contribution in [1.29, 1.82) is 0 Å². The fourth-order valence-electron chi connectivity index (χ4n) is 0.279. The third-order valence-corrected chi connectivity index (χ3v) is 1.84. The molecular formula is C7H10OS. The van der Waals surface area contributed by atoms with Crippen LogP contribution in [0.3, 0.4) is 0 Å². The topological polar surface area (TPSA) is 17.1 Å². The van der Waals surface area contributed by atoms with Gasteiger partial charge in [0.15, 0.2) is 5.12 Å². The van der Waals surface area contributed by atoms with Gasteiger partial charge in [0.1, 0.15) is 0 Å². The molecule has 0 aliphatic rings. The van der Waals surface area contributed by atoms with E-state index in [0.29, 0.717) is 5.75 Å². The molecule has 0 N–H and O–H groups in total. The Bertz CT molecular complexity index is 132. The molecule has 0 aromatic rings. The van der Waals surface area contributed by atoms with Gasteiger partial charge in [-0.15, -0.1) is 6.42 Å². The van der Waals surface area contributed by atoms with Crippen LogP contribution in [0.1, 0.15) is 13.8 Å². The minimum absolute atomic E-state index is 0.100. The van der Waals surface area contributed by atoms with E-state index < -0.39 is 0 Å². The first-order chi connectivity index (χ1) is 4.18. The molecule has 0 atom stereocenters. The van der Waals surface area contributed by atoms with Crippen LogP contribution in [0.2, 0.25) is 0 Å². The summed E-state index contributed by atoms with van der Waals surface area (Å²) in [5.74, 6) is 2.99. The van der Waals surface area contributed by atoms with Crippen molar-refractivity contribution in [3.8, 4) is 12.3 Å². The van der Waals surface area contributed by atoms with Crippen LogP contribution >= 0.6 is 11.8 Å². The van der Waals surface area contributed by atoms with E-state index in [1.54, 1.807) is 0 Å². The molecule has 0 aromatic carbocycles. The number of hydrogen-bond donors (Lipinski definition) is 0. The predicted molar refractivity (Wildman–Crippen MR) is 41.1 cm³/mol. The van der Waals surface area contributed by atoms with Gasteiger partial charge in [0.05, 0.1) is 5.75 Å². The maximum absolute atomic E-state index is 10.8. The zero-order chi connectivity index (χ0) is 7.28. The van der Waals surface area contributed by atoms with E-state index in [-0.39, 0.29) is 11.0 Å². The Labute approximate surface area is 60.2 Å². The third-order valence-electron chi connectivity index (χ3n) is 0.769. The summed E-state index contributed by atoms with van der Waals surface area (Å²) in [7, 11) is 0. The van der Waals surface area contributed by atoms with Crippen LogP contribution in [-0.4, -0.2) is 10.9 Å². The van der Waals surface area contributed by atoms with E-state index in [4.69, 9.17) is 6.42 Å². The van der Waals surface area contributed by atoms with Crippen molar-refractivity contribution in [2.75, 3.05) is 5.75 Å². The van der Waals surface area contributed by atoms with Gasteiger partial charge in [-0.05, 0) is 0 Å². The maximum atomic E-state index is 10.8.